The van der Waals surface area contributed by atoms with Crippen LogP contribution in [0, 0.1) is 6.92 Å². The molecule has 0 aliphatic rings. The Labute approximate surface area is 115 Å². The average Bonchev–Trinajstić information content (AvgIpc) is 2.76. The zero-order chi connectivity index (χ0) is 13.9. The Hall–Kier alpha value is -1.44. The summed E-state index contributed by atoms with van der Waals surface area (Å²) in [5.41, 5.74) is 0.540. The normalized spacial score (nSPS) is 11.7. The molecule has 19 heavy (non-hydrogen) atoms. The molecule has 0 aliphatic heterocycles. The SMILES string of the molecule is Cc1nnc(CNS(=O)(=O)Cc2ccccc2Cl)o1. The van der Waals surface area contributed by atoms with Crippen molar-refractivity contribution in [3.05, 3.63) is 46.6 Å². The lowest BCUT2D eigenvalue weighted by atomic mass is 10.2. The van der Waals surface area contributed by atoms with Crippen LogP contribution in [0.1, 0.15) is 17.3 Å². The molecular weight excluding hydrogens is 290 g/mol. The Morgan fingerprint density at radius 2 is 2.05 bits per heavy atom. The first-order valence-corrected chi connectivity index (χ1v) is 7.49. The fraction of sp³-hybridized carbons (Fsp3) is 0.273. The average molecular weight is 302 g/mol. The third-order valence-corrected chi connectivity index (χ3v) is 3.96. The molecule has 1 N–H and O–H groups in total. The van der Waals surface area contributed by atoms with Gasteiger partial charge < -0.3 is 4.42 Å². The monoisotopic (exact) mass is 301 g/mol. The minimum absolute atomic E-state index is 0.0341. The zero-order valence-electron chi connectivity index (χ0n) is 10.1. The topological polar surface area (TPSA) is 85.1 Å². The van der Waals surface area contributed by atoms with Gasteiger partial charge in [0.15, 0.2) is 0 Å². The van der Waals surface area contributed by atoms with Crippen LogP contribution in [0.2, 0.25) is 5.02 Å². The molecule has 1 aromatic heterocycles. The van der Waals surface area contributed by atoms with E-state index >= 15 is 0 Å². The molecule has 1 heterocycles. The van der Waals surface area contributed by atoms with E-state index in [0.717, 1.165) is 0 Å². The van der Waals surface area contributed by atoms with Gasteiger partial charge in [0.2, 0.25) is 21.8 Å². The molecule has 0 fully saturated rings. The number of rotatable bonds is 5. The summed E-state index contributed by atoms with van der Waals surface area (Å²) < 4.78 is 31.2. The Bertz CT molecular complexity index is 669. The van der Waals surface area contributed by atoms with Crippen LogP contribution in [0.3, 0.4) is 0 Å². The maximum absolute atomic E-state index is 11.9. The number of hydrogen-bond acceptors (Lipinski definition) is 5. The first-order chi connectivity index (χ1) is 8.96. The highest BCUT2D eigenvalue weighted by Gasteiger charge is 2.14. The summed E-state index contributed by atoms with van der Waals surface area (Å²) in [4.78, 5) is 0. The number of sulfonamides is 1. The van der Waals surface area contributed by atoms with E-state index in [4.69, 9.17) is 16.0 Å². The molecule has 0 spiro atoms. The molecule has 6 nitrogen and oxygen atoms in total. The Balaban J connectivity index is 2.01. The third kappa shape index (κ3) is 4.02. The molecule has 0 saturated carbocycles. The maximum Gasteiger partial charge on any atom is 0.231 e. The second-order valence-electron chi connectivity index (χ2n) is 3.89. The minimum atomic E-state index is -3.51. The summed E-state index contributed by atoms with van der Waals surface area (Å²) in [6, 6.07) is 6.79. The fourth-order valence-corrected chi connectivity index (χ4v) is 2.84. The van der Waals surface area contributed by atoms with Gasteiger partial charge in [-0.25, -0.2) is 13.1 Å². The lowest BCUT2D eigenvalue weighted by Gasteiger charge is -2.06. The van der Waals surface area contributed by atoms with Gasteiger partial charge in [-0.15, -0.1) is 10.2 Å². The van der Waals surface area contributed by atoms with Crippen molar-refractivity contribution in [2.24, 2.45) is 0 Å². The van der Waals surface area contributed by atoms with Crippen molar-refractivity contribution in [2.75, 3.05) is 0 Å². The molecule has 0 aliphatic carbocycles. The smallest absolute Gasteiger partial charge is 0.231 e. The van der Waals surface area contributed by atoms with Crippen molar-refractivity contribution in [2.45, 2.75) is 19.2 Å². The van der Waals surface area contributed by atoms with Crippen molar-refractivity contribution >= 4 is 21.6 Å². The quantitative estimate of drug-likeness (QED) is 0.907. The van der Waals surface area contributed by atoms with Crippen molar-refractivity contribution in [1.82, 2.24) is 14.9 Å². The predicted molar refractivity (Wildman–Crippen MR) is 70.0 cm³/mol. The molecular formula is C11H12ClN3O3S. The predicted octanol–water partition coefficient (Wildman–Crippen LogP) is 1.65. The molecule has 0 unspecified atom stereocenters. The van der Waals surface area contributed by atoms with Crippen LogP contribution in [-0.4, -0.2) is 18.6 Å². The van der Waals surface area contributed by atoms with Crippen molar-refractivity contribution < 1.29 is 12.8 Å². The number of aromatic nitrogens is 2. The van der Waals surface area contributed by atoms with Crippen molar-refractivity contribution in [1.29, 1.82) is 0 Å². The summed E-state index contributed by atoms with van der Waals surface area (Å²) in [5, 5.41) is 7.73. The lowest BCUT2D eigenvalue weighted by molar-refractivity contribution is 0.460. The summed E-state index contributed by atoms with van der Waals surface area (Å²) >= 11 is 5.92. The standard InChI is InChI=1S/C11H12ClN3O3S/c1-8-14-15-11(18-8)6-13-19(16,17)7-9-4-2-3-5-10(9)12/h2-5,13H,6-7H2,1H3. The summed E-state index contributed by atoms with van der Waals surface area (Å²) in [5.74, 6) is 0.417. The van der Waals surface area contributed by atoms with Gasteiger partial charge in [0, 0.05) is 11.9 Å². The number of nitrogens with one attached hydrogen (secondary N) is 1. The van der Waals surface area contributed by atoms with Gasteiger partial charge in [0.05, 0.1) is 12.3 Å². The molecule has 0 radical (unpaired) electrons. The van der Waals surface area contributed by atoms with Gasteiger partial charge in [-0.05, 0) is 11.6 Å². The first-order valence-electron chi connectivity index (χ1n) is 5.46. The molecule has 1 aromatic carbocycles. The van der Waals surface area contributed by atoms with Crippen LogP contribution in [-0.2, 0) is 22.3 Å². The van der Waals surface area contributed by atoms with E-state index < -0.39 is 10.0 Å². The number of halogens is 1. The molecule has 0 saturated heterocycles. The molecule has 102 valence electrons. The maximum atomic E-state index is 11.9. The van der Waals surface area contributed by atoms with Crippen LogP contribution in [0.15, 0.2) is 28.7 Å². The van der Waals surface area contributed by atoms with Gasteiger partial charge in [-0.2, -0.15) is 0 Å². The second kappa shape index (κ2) is 5.68. The highest BCUT2D eigenvalue weighted by atomic mass is 35.5. The summed E-state index contributed by atoms with van der Waals surface area (Å²) in [7, 11) is -3.51. The number of aryl methyl sites for hydroxylation is 1. The molecule has 2 rings (SSSR count). The first kappa shape index (κ1) is 14.0. The number of benzene rings is 1. The largest absolute Gasteiger partial charge is 0.424 e. The van der Waals surface area contributed by atoms with Gasteiger partial charge >= 0.3 is 0 Å². The molecule has 0 bridgehead atoms. The van der Waals surface area contributed by atoms with Crippen LogP contribution in [0.4, 0.5) is 0 Å². The second-order valence-corrected chi connectivity index (χ2v) is 6.10. The van der Waals surface area contributed by atoms with Gasteiger partial charge in [0.1, 0.15) is 0 Å². The fourth-order valence-electron chi connectivity index (χ4n) is 1.45. The number of hydrogen-bond donors (Lipinski definition) is 1. The van der Waals surface area contributed by atoms with Crippen LogP contribution in [0.5, 0.6) is 0 Å². The van der Waals surface area contributed by atoms with Crippen LogP contribution in [0.25, 0.3) is 0 Å². The molecule has 0 atom stereocenters. The Kier molecular flexibility index (Phi) is 4.18. The molecule has 0 amide bonds. The van der Waals surface area contributed by atoms with E-state index in [0.29, 0.717) is 16.5 Å². The summed E-state index contributed by atoms with van der Waals surface area (Å²) in [6.07, 6.45) is 0. The summed E-state index contributed by atoms with van der Waals surface area (Å²) in [6.45, 7) is 1.60. The van der Waals surface area contributed by atoms with Crippen molar-refractivity contribution in [3.8, 4) is 0 Å². The van der Waals surface area contributed by atoms with E-state index in [1.165, 1.54) is 0 Å². The van der Waals surface area contributed by atoms with Gasteiger partial charge in [-0.1, -0.05) is 29.8 Å². The lowest BCUT2D eigenvalue weighted by Crippen LogP contribution is -2.25. The Morgan fingerprint density at radius 3 is 2.68 bits per heavy atom. The third-order valence-electron chi connectivity index (χ3n) is 2.31. The van der Waals surface area contributed by atoms with E-state index in [1.54, 1.807) is 31.2 Å². The van der Waals surface area contributed by atoms with Gasteiger partial charge in [0.25, 0.3) is 0 Å². The van der Waals surface area contributed by atoms with Crippen molar-refractivity contribution in [3.63, 3.8) is 0 Å². The van der Waals surface area contributed by atoms with E-state index in [-0.39, 0.29) is 18.2 Å². The molecule has 8 heteroatoms. The van der Waals surface area contributed by atoms with Crippen LogP contribution < -0.4 is 4.72 Å². The van der Waals surface area contributed by atoms with E-state index in [2.05, 4.69) is 14.9 Å². The zero-order valence-corrected chi connectivity index (χ0v) is 11.7. The molecule has 2 aromatic rings. The highest BCUT2D eigenvalue weighted by Crippen LogP contribution is 2.17. The highest BCUT2D eigenvalue weighted by molar-refractivity contribution is 7.88. The van der Waals surface area contributed by atoms with E-state index in [9.17, 15) is 8.42 Å². The Morgan fingerprint density at radius 1 is 1.32 bits per heavy atom. The van der Waals surface area contributed by atoms with Crippen LogP contribution >= 0.6 is 11.6 Å². The van der Waals surface area contributed by atoms with Gasteiger partial charge in [-0.3, -0.25) is 0 Å². The number of nitrogens with zero attached hydrogens (tertiary/aromatic N) is 2. The minimum Gasteiger partial charge on any atom is -0.424 e. The van der Waals surface area contributed by atoms with E-state index in [1.807, 2.05) is 0 Å².